The quantitative estimate of drug-likeness (QED) is 0.498. The molecule has 1 aromatic rings. The molecular formula is C11H11N3O3S. The summed E-state index contributed by atoms with van der Waals surface area (Å²) in [5.41, 5.74) is 1.21. The van der Waals surface area contributed by atoms with Gasteiger partial charge < -0.3 is 5.32 Å². The van der Waals surface area contributed by atoms with Crippen LogP contribution in [0, 0.1) is 17.0 Å². The number of hydrogen-bond acceptors (Lipinski definition) is 4. The minimum atomic E-state index is -0.470. The van der Waals surface area contributed by atoms with Crippen LogP contribution in [-0.4, -0.2) is 22.0 Å². The molecule has 1 unspecified atom stereocenters. The zero-order chi connectivity index (χ0) is 13.4. The largest absolute Gasteiger partial charge is 0.350 e. The predicted molar refractivity (Wildman–Crippen MR) is 70.5 cm³/mol. The van der Waals surface area contributed by atoms with E-state index >= 15 is 0 Å². The number of nitro groups is 1. The molecule has 1 aliphatic rings. The molecule has 6 nitrogen and oxygen atoms in total. The summed E-state index contributed by atoms with van der Waals surface area (Å²) < 4.78 is 0. The van der Waals surface area contributed by atoms with Crippen molar-refractivity contribution in [1.82, 2.24) is 5.32 Å². The van der Waals surface area contributed by atoms with E-state index in [-0.39, 0.29) is 17.6 Å². The van der Waals surface area contributed by atoms with Crippen LogP contribution < -0.4 is 10.2 Å². The number of anilines is 1. The van der Waals surface area contributed by atoms with E-state index in [1.165, 1.54) is 23.1 Å². The molecule has 94 valence electrons. The van der Waals surface area contributed by atoms with Gasteiger partial charge >= 0.3 is 0 Å². The molecule has 1 saturated heterocycles. The van der Waals surface area contributed by atoms with Gasteiger partial charge in [-0.3, -0.25) is 19.8 Å². The van der Waals surface area contributed by atoms with E-state index in [0.29, 0.717) is 16.4 Å². The molecule has 0 radical (unpaired) electrons. The SMILES string of the molecule is Cc1cc([N+](=O)[O-])ccc1N1C(=O)C(C)NC1=S. The Morgan fingerprint density at radius 3 is 2.61 bits per heavy atom. The zero-order valence-corrected chi connectivity index (χ0v) is 10.7. The number of carbonyl (C=O) groups is 1. The number of rotatable bonds is 2. The van der Waals surface area contributed by atoms with Crippen molar-refractivity contribution in [3.63, 3.8) is 0 Å². The number of aryl methyl sites for hydroxylation is 1. The number of thiocarbonyl (C=S) groups is 1. The lowest BCUT2D eigenvalue weighted by Crippen LogP contribution is -2.31. The molecule has 0 spiro atoms. The Labute approximate surface area is 109 Å². The molecule has 0 bridgehead atoms. The highest BCUT2D eigenvalue weighted by molar-refractivity contribution is 7.80. The Morgan fingerprint density at radius 2 is 2.17 bits per heavy atom. The van der Waals surface area contributed by atoms with Crippen LogP contribution in [0.5, 0.6) is 0 Å². The van der Waals surface area contributed by atoms with E-state index < -0.39 is 4.92 Å². The summed E-state index contributed by atoms with van der Waals surface area (Å²) in [5, 5.41) is 13.8. The minimum absolute atomic E-state index is 0.00479. The van der Waals surface area contributed by atoms with Gasteiger partial charge in [-0.2, -0.15) is 0 Å². The fourth-order valence-electron chi connectivity index (χ4n) is 1.84. The first-order valence-corrected chi connectivity index (χ1v) is 5.72. The molecule has 0 aliphatic carbocycles. The lowest BCUT2D eigenvalue weighted by Gasteiger charge is -2.17. The maximum Gasteiger partial charge on any atom is 0.269 e. The summed E-state index contributed by atoms with van der Waals surface area (Å²) in [6, 6.07) is 3.96. The van der Waals surface area contributed by atoms with Gasteiger partial charge in [0.1, 0.15) is 6.04 Å². The maximum absolute atomic E-state index is 11.9. The van der Waals surface area contributed by atoms with Crippen LogP contribution in [0.15, 0.2) is 18.2 Å². The number of amides is 1. The molecule has 1 amide bonds. The average molecular weight is 265 g/mol. The molecule has 1 aliphatic heterocycles. The summed E-state index contributed by atoms with van der Waals surface area (Å²) in [7, 11) is 0. The highest BCUT2D eigenvalue weighted by atomic mass is 32.1. The van der Waals surface area contributed by atoms with Gasteiger partial charge in [-0.25, -0.2) is 0 Å². The number of nitrogens with zero attached hydrogens (tertiary/aromatic N) is 2. The van der Waals surface area contributed by atoms with Crippen molar-refractivity contribution in [1.29, 1.82) is 0 Å². The molecule has 1 N–H and O–H groups in total. The van der Waals surface area contributed by atoms with Gasteiger partial charge in [0.2, 0.25) is 0 Å². The van der Waals surface area contributed by atoms with Crippen molar-refractivity contribution in [3.05, 3.63) is 33.9 Å². The van der Waals surface area contributed by atoms with E-state index in [0.717, 1.165) is 0 Å². The van der Waals surface area contributed by atoms with Gasteiger partial charge in [0.25, 0.3) is 11.6 Å². The number of nitro benzene ring substituents is 1. The second kappa shape index (κ2) is 4.34. The van der Waals surface area contributed by atoms with Crippen molar-refractivity contribution in [2.24, 2.45) is 0 Å². The molecule has 0 aromatic heterocycles. The Hall–Kier alpha value is -2.02. The van der Waals surface area contributed by atoms with Gasteiger partial charge in [-0.05, 0) is 37.7 Å². The predicted octanol–water partition coefficient (Wildman–Crippen LogP) is 1.51. The number of nitrogens with one attached hydrogen (secondary N) is 1. The fraction of sp³-hybridized carbons (Fsp3) is 0.273. The van der Waals surface area contributed by atoms with Crippen LogP contribution in [0.25, 0.3) is 0 Å². The Bertz CT molecular complexity index is 558. The molecule has 0 saturated carbocycles. The summed E-state index contributed by atoms with van der Waals surface area (Å²) in [4.78, 5) is 23.5. The van der Waals surface area contributed by atoms with E-state index in [2.05, 4.69) is 5.32 Å². The van der Waals surface area contributed by atoms with Gasteiger partial charge in [0, 0.05) is 12.1 Å². The number of hydrogen-bond donors (Lipinski definition) is 1. The van der Waals surface area contributed by atoms with E-state index in [1.54, 1.807) is 13.8 Å². The van der Waals surface area contributed by atoms with E-state index in [4.69, 9.17) is 12.2 Å². The molecule has 18 heavy (non-hydrogen) atoms. The van der Waals surface area contributed by atoms with Crippen LogP contribution in [-0.2, 0) is 4.79 Å². The zero-order valence-electron chi connectivity index (χ0n) is 9.84. The van der Waals surface area contributed by atoms with E-state index in [9.17, 15) is 14.9 Å². The Morgan fingerprint density at radius 1 is 1.50 bits per heavy atom. The molecule has 1 fully saturated rings. The molecular weight excluding hydrogens is 254 g/mol. The lowest BCUT2D eigenvalue weighted by atomic mass is 10.1. The van der Waals surface area contributed by atoms with Crippen molar-refractivity contribution in [2.45, 2.75) is 19.9 Å². The first kappa shape index (κ1) is 12.4. The smallest absolute Gasteiger partial charge is 0.269 e. The minimum Gasteiger partial charge on any atom is -0.350 e. The summed E-state index contributed by atoms with van der Waals surface area (Å²) in [6.07, 6.45) is 0. The Kier molecular flexibility index (Phi) is 3.00. The number of non-ortho nitro benzene ring substituents is 1. The molecule has 2 rings (SSSR count). The third-order valence-electron chi connectivity index (χ3n) is 2.77. The lowest BCUT2D eigenvalue weighted by molar-refractivity contribution is -0.384. The van der Waals surface area contributed by atoms with Gasteiger partial charge in [0.05, 0.1) is 10.6 Å². The Balaban J connectivity index is 2.43. The monoisotopic (exact) mass is 265 g/mol. The third-order valence-corrected chi connectivity index (χ3v) is 3.07. The molecule has 7 heteroatoms. The fourth-order valence-corrected chi connectivity index (χ4v) is 2.20. The van der Waals surface area contributed by atoms with E-state index in [1.807, 2.05) is 0 Å². The summed E-state index contributed by atoms with van der Waals surface area (Å²) in [5.74, 6) is -0.156. The molecule has 1 atom stereocenters. The first-order chi connectivity index (χ1) is 8.41. The van der Waals surface area contributed by atoms with Gasteiger partial charge in [-0.1, -0.05) is 0 Å². The van der Waals surface area contributed by atoms with Gasteiger partial charge in [-0.15, -0.1) is 0 Å². The van der Waals surface area contributed by atoms with Crippen LogP contribution in [0.3, 0.4) is 0 Å². The molecule has 1 heterocycles. The van der Waals surface area contributed by atoms with Crippen molar-refractivity contribution >= 4 is 34.6 Å². The average Bonchev–Trinajstić information content (AvgIpc) is 2.54. The van der Waals surface area contributed by atoms with Crippen LogP contribution in [0.1, 0.15) is 12.5 Å². The van der Waals surface area contributed by atoms with Crippen LogP contribution >= 0.6 is 12.2 Å². The van der Waals surface area contributed by atoms with Crippen LogP contribution in [0.4, 0.5) is 11.4 Å². The molecule has 1 aromatic carbocycles. The first-order valence-electron chi connectivity index (χ1n) is 5.31. The highest BCUT2D eigenvalue weighted by Crippen LogP contribution is 2.27. The normalized spacial score (nSPS) is 19.0. The van der Waals surface area contributed by atoms with Crippen molar-refractivity contribution < 1.29 is 9.72 Å². The van der Waals surface area contributed by atoms with Gasteiger partial charge in [0.15, 0.2) is 5.11 Å². The maximum atomic E-state index is 11.9. The van der Waals surface area contributed by atoms with Crippen LogP contribution in [0.2, 0.25) is 0 Å². The third kappa shape index (κ3) is 1.92. The standard InChI is InChI=1S/C11H11N3O3S/c1-6-5-8(14(16)17)3-4-9(6)13-10(15)7(2)12-11(13)18/h3-5,7H,1-2H3,(H,12,18). The topological polar surface area (TPSA) is 75.5 Å². The van der Waals surface area contributed by atoms with Crippen molar-refractivity contribution in [2.75, 3.05) is 4.90 Å². The van der Waals surface area contributed by atoms with Crippen molar-refractivity contribution in [3.8, 4) is 0 Å². The number of carbonyl (C=O) groups excluding carboxylic acids is 1. The second-order valence-electron chi connectivity index (χ2n) is 4.07. The highest BCUT2D eigenvalue weighted by Gasteiger charge is 2.34. The summed E-state index contributed by atoms with van der Waals surface area (Å²) in [6.45, 7) is 3.43. The number of benzene rings is 1. The second-order valence-corrected chi connectivity index (χ2v) is 4.46. The summed E-state index contributed by atoms with van der Waals surface area (Å²) >= 11 is 5.08.